The summed E-state index contributed by atoms with van der Waals surface area (Å²) in [7, 11) is 5.10. The van der Waals surface area contributed by atoms with Gasteiger partial charge < -0.3 is 19.1 Å². The Morgan fingerprint density at radius 1 is 1.24 bits per heavy atom. The van der Waals surface area contributed by atoms with Crippen LogP contribution in [0.2, 0.25) is 0 Å². The Labute approximate surface area is 125 Å². The lowest BCUT2D eigenvalue weighted by atomic mass is 10.1. The molecular weight excluding hydrogens is 268 g/mol. The first-order valence-electron chi connectivity index (χ1n) is 7.02. The van der Waals surface area contributed by atoms with Gasteiger partial charge in [-0.25, -0.2) is 4.98 Å². The molecule has 2 rings (SSSR count). The van der Waals surface area contributed by atoms with E-state index in [0.29, 0.717) is 11.5 Å². The number of imidazole rings is 1. The maximum Gasteiger partial charge on any atom is 0.161 e. The number of rotatable bonds is 6. The first kappa shape index (κ1) is 15.4. The van der Waals surface area contributed by atoms with Crippen LogP contribution in [0.25, 0.3) is 0 Å². The quantitative estimate of drug-likeness (QED) is 0.888. The van der Waals surface area contributed by atoms with Crippen molar-refractivity contribution in [1.29, 1.82) is 0 Å². The van der Waals surface area contributed by atoms with Crippen LogP contribution in [0.3, 0.4) is 0 Å². The number of aliphatic hydroxyl groups excluding tert-OH is 1. The smallest absolute Gasteiger partial charge is 0.161 e. The largest absolute Gasteiger partial charge is 0.493 e. The summed E-state index contributed by atoms with van der Waals surface area (Å²) in [5.41, 5.74) is 1.52. The molecule has 0 fully saturated rings. The normalized spacial score (nSPS) is 12.2. The fourth-order valence-corrected chi connectivity index (χ4v) is 2.37. The van der Waals surface area contributed by atoms with Gasteiger partial charge in [0.25, 0.3) is 0 Å². The average molecular weight is 290 g/mol. The summed E-state index contributed by atoms with van der Waals surface area (Å²) in [6.07, 6.45) is 2.91. The van der Waals surface area contributed by atoms with E-state index in [-0.39, 0.29) is 0 Å². The van der Waals surface area contributed by atoms with E-state index in [2.05, 4.69) is 11.9 Å². The van der Waals surface area contributed by atoms with Crippen molar-refractivity contribution >= 4 is 0 Å². The van der Waals surface area contributed by atoms with Crippen LogP contribution in [0.5, 0.6) is 11.5 Å². The van der Waals surface area contributed by atoms with Crippen molar-refractivity contribution in [3.05, 3.63) is 41.5 Å². The zero-order chi connectivity index (χ0) is 15.4. The summed E-state index contributed by atoms with van der Waals surface area (Å²) in [6, 6.07) is 5.41. The van der Waals surface area contributed by atoms with Crippen molar-refractivity contribution in [3.63, 3.8) is 0 Å². The number of aryl methyl sites for hydroxylation is 1. The molecule has 0 unspecified atom stereocenters. The predicted octanol–water partition coefficient (Wildman–Crippen LogP) is 2.47. The van der Waals surface area contributed by atoms with Crippen LogP contribution in [-0.4, -0.2) is 28.9 Å². The van der Waals surface area contributed by atoms with Gasteiger partial charge in [0.1, 0.15) is 11.9 Å². The highest BCUT2D eigenvalue weighted by Crippen LogP contribution is 2.32. The van der Waals surface area contributed by atoms with Crippen molar-refractivity contribution in [1.82, 2.24) is 9.55 Å². The van der Waals surface area contributed by atoms with Gasteiger partial charge in [0.15, 0.2) is 11.5 Å². The highest BCUT2D eigenvalue weighted by molar-refractivity contribution is 5.44. The van der Waals surface area contributed by atoms with Crippen LogP contribution in [-0.2, 0) is 13.5 Å². The molecule has 1 aromatic heterocycles. The van der Waals surface area contributed by atoms with Gasteiger partial charge in [0, 0.05) is 13.5 Å². The SMILES string of the molecule is CCCc1ncc([C@@H](O)c2ccc(OC)c(OC)c2)n1C. The van der Waals surface area contributed by atoms with Crippen LogP contribution in [0.1, 0.15) is 36.5 Å². The molecule has 0 bridgehead atoms. The predicted molar refractivity (Wildman–Crippen MR) is 80.8 cm³/mol. The molecule has 1 aromatic carbocycles. The van der Waals surface area contributed by atoms with Gasteiger partial charge in [-0.1, -0.05) is 13.0 Å². The van der Waals surface area contributed by atoms with Gasteiger partial charge in [-0.05, 0) is 24.1 Å². The second kappa shape index (κ2) is 6.63. The summed E-state index contributed by atoms with van der Waals surface area (Å²) in [5.74, 6) is 2.22. The van der Waals surface area contributed by atoms with Gasteiger partial charge in [0.05, 0.1) is 26.1 Å². The van der Waals surface area contributed by atoms with Gasteiger partial charge >= 0.3 is 0 Å². The van der Waals surface area contributed by atoms with Crippen molar-refractivity contribution in [3.8, 4) is 11.5 Å². The summed E-state index contributed by atoms with van der Waals surface area (Å²) in [6.45, 7) is 2.11. The molecule has 0 aliphatic carbocycles. The lowest BCUT2D eigenvalue weighted by Gasteiger charge is -2.15. The Morgan fingerprint density at radius 3 is 2.57 bits per heavy atom. The molecule has 2 aromatic rings. The Hall–Kier alpha value is -2.01. The molecule has 5 heteroatoms. The Bertz CT molecular complexity index is 608. The minimum atomic E-state index is -0.743. The Balaban J connectivity index is 2.33. The minimum Gasteiger partial charge on any atom is -0.493 e. The van der Waals surface area contributed by atoms with E-state index in [0.717, 1.165) is 29.9 Å². The average Bonchev–Trinajstić information content (AvgIpc) is 2.87. The monoisotopic (exact) mass is 290 g/mol. The molecule has 0 aliphatic rings. The lowest BCUT2D eigenvalue weighted by Crippen LogP contribution is -2.08. The van der Waals surface area contributed by atoms with E-state index in [1.807, 2.05) is 17.7 Å². The van der Waals surface area contributed by atoms with Crippen LogP contribution in [0.15, 0.2) is 24.4 Å². The molecule has 5 nitrogen and oxygen atoms in total. The van der Waals surface area contributed by atoms with Gasteiger partial charge in [0.2, 0.25) is 0 Å². The molecule has 0 spiro atoms. The number of methoxy groups -OCH3 is 2. The Kier molecular flexibility index (Phi) is 4.85. The number of ether oxygens (including phenoxy) is 2. The topological polar surface area (TPSA) is 56.5 Å². The molecule has 114 valence electrons. The van der Waals surface area contributed by atoms with Crippen molar-refractivity contribution in [2.24, 2.45) is 7.05 Å². The first-order chi connectivity index (χ1) is 10.1. The van der Waals surface area contributed by atoms with E-state index >= 15 is 0 Å². The third-order valence-electron chi connectivity index (χ3n) is 3.60. The van der Waals surface area contributed by atoms with Gasteiger partial charge in [-0.3, -0.25) is 0 Å². The fraction of sp³-hybridized carbons (Fsp3) is 0.438. The van der Waals surface area contributed by atoms with Crippen molar-refractivity contribution in [2.45, 2.75) is 25.9 Å². The number of nitrogens with zero attached hydrogens (tertiary/aromatic N) is 2. The second-order valence-electron chi connectivity index (χ2n) is 4.93. The van der Waals surface area contributed by atoms with E-state index in [1.165, 1.54) is 0 Å². The molecule has 0 radical (unpaired) electrons. The van der Waals surface area contributed by atoms with Crippen molar-refractivity contribution < 1.29 is 14.6 Å². The second-order valence-corrected chi connectivity index (χ2v) is 4.93. The van der Waals surface area contributed by atoms with E-state index in [4.69, 9.17) is 9.47 Å². The number of hydrogen-bond acceptors (Lipinski definition) is 4. The molecule has 0 saturated carbocycles. The molecule has 0 amide bonds. The van der Waals surface area contributed by atoms with Crippen LogP contribution in [0.4, 0.5) is 0 Å². The zero-order valence-electron chi connectivity index (χ0n) is 13.0. The highest BCUT2D eigenvalue weighted by atomic mass is 16.5. The molecule has 0 aliphatic heterocycles. The van der Waals surface area contributed by atoms with Crippen LogP contribution < -0.4 is 9.47 Å². The Morgan fingerprint density at radius 2 is 1.95 bits per heavy atom. The number of aliphatic hydroxyl groups is 1. The minimum absolute atomic E-state index is 0.602. The standard InChI is InChI=1S/C16H22N2O3/c1-5-6-15-17-10-12(18(15)2)16(19)11-7-8-13(20-3)14(9-11)21-4/h7-10,16,19H,5-6H2,1-4H3/t16-/m0/s1. The molecule has 1 heterocycles. The molecule has 1 N–H and O–H groups in total. The van der Waals surface area contributed by atoms with E-state index in [1.54, 1.807) is 32.5 Å². The summed E-state index contributed by atoms with van der Waals surface area (Å²) in [5, 5.41) is 10.6. The maximum atomic E-state index is 10.6. The van der Waals surface area contributed by atoms with Crippen LogP contribution in [0, 0.1) is 0 Å². The summed E-state index contributed by atoms with van der Waals surface area (Å²) >= 11 is 0. The fourth-order valence-electron chi connectivity index (χ4n) is 2.37. The molecular formula is C16H22N2O3. The molecule has 21 heavy (non-hydrogen) atoms. The van der Waals surface area contributed by atoms with Crippen LogP contribution >= 0.6 is 0 Å². The van der Waals surface area contributed by atoms with Crippen molar-refractivity contribution in [2.75, 3.05) is 14.2 Å². The molecule has 0 saturated heterocycles. The third-order valence-corrected chi connectivity index (χ3v) is 3.60. The number of benzene rings is 1. The maximum absolute atomic E-state index is 10.6. The first-order valence-corrected chi connectivity index (χ1v) is 7.02. The lowest BCUT2D eigenvalue weighted by molar-refractivity contribution is 0.210. The van der Waals surface area contributed by atoms with E-state index in [9.17, 15) is 5.11 Å². The summed E-state index contributed by atoms with van der Waals surface area (Å²) < 4.78 is 12.4. The van der Waals surface area contributed by atoms with Gasteiger partial charge in [-0.15, -0.1) is 0 Å². The third kappa shape index (κ3) is 3.03. The summed E-state index contributed by atoms with van der Waals surface area (Å²) in [4.78, 5) is 4.38. The number of hydrogen-bond donors (Lipinski definition) is 1. The zero-order valence-corrected chi connectivity index (χ0v) is 13.0. The van der Waals surface area contributed by atoms with Gasteiger partial charge in [-0.2, -0.15) is 0 Å². The molecule has 1 atom stereocenters. The highest BCUT2D eigenvalue weighted by Gasteiger charge is 2.18. The van der Waals surface area contributed by atoms with E-state index < -0.39 is 6.10 Å². The number of aromatic nitrogens is 2.